The average Bonchev–Trinajstić information content (AvgIpc) is 2.68. The van der Waals surface area contributed by atoms with Crippen molar-refractivity contribution in [1.82, 2.24) is 15.1 Å². The molecule has 0 amide bonds. The highest BCUT2D eigenvalue weighted by Gasteiger charge is 2.11. The molecule has 0 bridgehead atoms. The Morgan fingerprint density at radius 2 is 2.20 bits per heavy atom. The predicted octanol–water partition coefficient (Wildman–Crippen LogP) is 1.46. The summed E-state index contributed by atoms with van der Waals surface area (Å²) in [6, 6.07) is 3.56. The lowest BCUT2D eigenvalue weighted by Crippen LogP contribution is -2.06. The fourth-order valence-corrected chi connectivity index (χ4v) is 1.13. The van der Waals surface area contributed by atoms with E-state index in [0.29, 0.717) is 11.7 Å². The molecule has 0 saturated carbocycles. The van der Waals surface area contributed by atoms with Gasteiger partial charge in [-0.05, 0) is 26.0 Å². The summed E-state index contributed by atoms with van der Waals surface area (Å²) < 4.78 is 5.07. The highest BCUT2D eigenvalue weighted by Crippen LogP contribution is 2.17. The molecule has 0 saturated heterocycles. The van der Waals surface area contributed by atoms with Gasteiger partial charge < -0.3 is 10.3 Å². The van der Waals surface area contributed by atoms with Crippen LogP contribution < -0.4 is 5.73 Å². The van der Waals surface area contributed by atoms with Crippen LogP contribution in [-0.2, 0) is 0 Å². The van der Waals surface area contributed by atoms with Gasteiger partial charge in [0.05, 0.1) is 11.6 Å². The van der Waals surface area contributed by atoms with Crippen molar-refractivity contribution in [3.63, 3.8) is 0 Å². The van der Waals surface area contributed by atoms with Crippen LogP contribution in [0.4, 0.5) is 0 Å². The van der Waals surface area contributed by atoms with Crippen LogP contribution in [0.3, 0.4) is 0 Å². The SMILES string of the molecule is Cc1ccc(-c2nc(C(C)N)no2)cn1. The van der Waals surface area contributed by atoms with Gasteiger partial charge in [0.15, 0.2) is 5.82 Å². The average molecular weight is 204 g/mol. The van der Waals surface area contributed by atoms with Gasteiger partial charge in [-0.3, -0.25) is 4.98 Å². The van der Waals surface area contributed by atoms with Crippen LogP contribution in [0.15, 0.2) is 22.9 Å². The molecule has 1 atom stereocenters. The minimum atomic E-state index is -0.221. The van der Waals surface area contributed by atoms with Crippen molar-refractivity contribution in [1.29, 1.82) is 0 Å². The zero-order valence-electron chi connectivity index (χ0n) is 8.64. The van der Waals surface area contributed by atoms with Gasteiger partial charge in [0, 0.05) is 11.9 Å². The fourth-order valence-electron chi connectivity index (χ4n) is 1.13. The second kappa shape index (κ2) is 3.78. The zero-order valence-corrected chi connectivity index (χ0v) is 8.64. The molecule has 0 spiro atoms. The summed E-state index contributed by atoms with van der Waals surface area (Å²) in [4.78, 5) is 8.32. The number of nitrogens with zero attached hydrogens (tertiary/aromatic N) is 3. The maximum atomic E-state index is 5.63. The summed E-state index contributed by atoms with van der Waals surface area (Å²) in [5.41, 5.74) is 7.38. The normalized spacial score (nSPS) is 12.7. The molecular weight excluding hydrogens is 192 g/mol. The van der Waals surface area contributed by atoms with E-state index in [1.165, 1.54) is 0 Å². The third kappa shape index (κ3) is 2.02. The summed E-state index contributed by atoms with van der Waals surface area (Å²) in [5.74, 6) is 0.959. The molecule has 5 heteroatoms. The first-order valence-corrected chi connectivity index (χ1v) is 4.69. The van der Waals surface area contributed by atoms with Crippen LogP contribution in [0.1, 0.15) is 24.5 Å². The van der Waals surface area contributed by atoms with Crippen LogP contribution in [0.25, 0.3) is 11.5 Å². The van der Waals surface area contributed by atoms with E-state index in [-0.39, 0.29) is 6.04 Å². The molecule has 2 aromatic rings. The van der Waals surface area contributed by atoms with Crippen LogP contribution in [0.2, 0.25) is 0 Å². The van der Waals surface area contributed by atoms with E-state index in [1.807, 2.05) is 26.0 Å². The Bertz CT molecular complexity index is 447. The van der Waals surface area contributed by atoms with Gasteiger partial charge in [-0.15, -0.1) is 0 Å². The van der Waals surface area contributed by atoms with Gasteiger partial charge in [0.1, 0.15) is 0 Å². The third-order valence-corrected chi connectivity index (χ3v) is 2.01. The van der Waals surface area contributed by atoms with Gasteiger partial charge in [-0.2, -0.15) is 4.98 Å². The second-order valence-corrected chi connectivity index (χ2v) is 3.43. The van der Waals surface area contributed by atoms with Crippen molar-refractivity contribution in [3.05, 3.63) is 29.8 Å². The molecule has 0 aliphatic rings. The van der Waals surface area contributed by atoms with E-state index in [4.69, 9.17) is 10.3 Å². The molecule has 5 nitrogen and oxygen atoms in total. The molecule has 0 aliphatic carbocycles. The highest BCUT2D eigenvalue weighted by molar-refractivity contribution is 5.50. The summed E-state index contributed by atoms with van der Waals surface area (Å²) >= 11 is 0. The van der Waals surface area contributed by atoms with Crippen molar-refractivity contribution in [2.45, 2.75) is 19.9 Å². The van der Waals surface area contributed by atoms with E-state index < -0.39 is 0 Å². The first kappa shape index (κ1) is 9.79. The van der Waals surface area contributed by atoms with Crippen LogP contribution in [0.5, 0.6) is 0 Å². The Hall–Kier alpha value is -1.75. The van der Waals surface area contributed by atoms with E-state index in [9.17, 15) is 0 Å². The van der Waals surface area contributed by atoms with E-state index in [2.05, 4.69) is 15.1 Å². The van der Waals surface area contributed by atoms with Gasteiger partial charge in [-0.25, -0.2) is 0 Å². The first-order valence-electron chi connectivity index (χ1n) is 4.69. The summed E-state index contributed by atoms with van der Waals surface area (Å²) in [7, 11) is 0. The second-order valence-electron chi connectivity index (χ2n) is 3.43. The minimum Gasteiger partial charge on any atom is -0.334 e. The lowest BCUT2D eigenvalue weighted by atomic mass is 10.2. The molecular formula is C10H12N4O. The Balaban J connectivity index is 2.33. The van der Waals surface area contributed by atoms with E-state index >= 15 is 0 Å². The number of hydrogen-bond acceptors (Lipinski definition) is 5. The van der Waals surface area contributed by atoms with Gasteiger partial charge in [0.25, 0.3) is 5.89 Å². The summed E-state index contributed by atoms with van der Waals surface area (Å²) in [6.45, 7) is 3.73. The Morgan fingerprint density at radius 3 is 2.73 bits per heavy atom. The van der Waals surface area contributed by atoms with Gasteiger partial charge in [-0.1, -0.05) is 5.16 Å². The Morgan fingerprint density at radius 1 is 1.40 bits per heavy atom. The van der Waals surface area contributed by atoms with E-state index in [0.717, 1.165) is 11.3 Å². The number of aromatic nitrogens is 3. The molecule has 2 N–H and O–H groups in total. The monoisotopic (exact) mass is 204 g/mol. The van der Waals surface area contributed by atoms with Crippen molar-refractivity contribution in [2.75, 3.05) is 0 Å². The van der Waals surface area contributed by atoms with Crippen molar-refractivity contribution < 1.29 is 4.52 Å². The standard InChI is InChI=1S/C10H12N4O/c1-6-3-4-8(5-12-6)10-13-9(7(2)11)14-15-10/h3-5,7H,11H2,1-2H3. The lowest BCUT2D eigenvalue weighted by molar-refractivity contribution is 0.418. The molecule has 2 aromatic heterocycles. The summed E-state index contributed by atoms with van der Waals surface area (Å²) in [5, 5.41) is 3.78. The molecule has 78 valence electrons. The number of aryl methyl sites for hydroxylation is 1. The number of pyridine rings is 1. The Kier molecular flexibility index (Phi) is 2.47. The molecule has 0 fully saturated rings. The third-order valence-electron chi connectivity index (χ3n) is 2.01. The predicted molar refractivity (Wildman–Crippen MR) is 54.9 cm³/mol. The van der Waals surface area contributed by atoms with Crippen LogP contribution >= 0.6 is 0 Å². The molecule has 15 heavy (non-hydrogen) atoms. The molecule has 2 rings (SSSR count). The van der Waals surface area contributed by atoms with Crippen molar-refractivity contribution in [2.24, 2.45) is 5.73 Å². The molecule has 1 unspecified atom stereocenters. The van der Waals surface area contributed by atoms with Gasteiger partial charge >= 0.3 is 0 Å². The topological polar surface area (TPSA) is 77.8 Å². The highest BCUT2D eigenvalue weighted by atomic mass is 16.5. The van der Waals surface area contributed by atoms with E-state index in [1.54, 1.807) is 6.20 Å². The zero-order chi connectivity index (χ0) is 10.8. The quantitative estimate of drug-likeness (QED) is 0.801. The molecule has 0 aliphatic heterocycles. The van der Waals surface area contributed by atoms with Crippen LogP contribution in [0, 0.1) is 6.92 Å². The molecule has 2 heterocycles. The van der Waals surface area contributed by atoms with Crippen molar-refractivity contribution >= 4 is 0 Å². The van der Waals surface area contributed by atoms with Crippen LogP contribution in [-0.4, -0.2) is 15.1 Å². The number of nitrogens with two attached hydrogens (primary N) is 1. The maximum absolute atomic E-state index is 5.63. The largest absolute Gasteiger partial charge is 0.334 e. The smallest absolute Gasteiger partial charge is 0.259 e. The Labute approximate surface area is 87.3 Å². The fraction of sp³-hybridized carbons (Fsp3) is 0.300. The molecule has 0 radical (unpaired) electrons. The van der Waals surface area contributed by atoms with Gasteiger partial charge in [0.2, 0.25) is 0 Å². The number of rotatable bonds is 2. The summed E-state index contributed by atoms with van der Waals surface area (Å²) in [6.07, 6.45) is 1.70. The maximum Gasteiger partial charge on any atom is 0.259 e. The number of hydrogen-bond donors (Lipinski definition) is 1. The van der Waals surface area contributed by atoms with Crippen molar-refractivity contribution in [3.8, 4) is 11.5 Å². The lowest BCUT2D eigenvalue weighted by Gasteiger charge is -1.94. The minimum absolute atomic E-state index is 0.221. The first-order chi connectivity index (χ1) is 7.16. The molecule has 0 aromatic carbocycles.